The summed E-state index contributed by atoms with van der Waals surface area (Å²) in [4.78, 5) is 0. The van der Waals surface area contributed by atoms with Crippen LogP contribution in [-0.4, -0.2) is 25.0 Å². The van der Waals surface area contributed by atoms with Gasteiger partial charge in [-0.15, -0.1) is 11.6 Å². The van der Waals surface area contributed by atoms with E-state index in [1.165, 1.54) is 7.11 Å². The Morgan fingerprint density at radius 2 is 2.00 bits per heavy atom. The minimum absolute atomic E-state index is 0.0409. The number of halogens is 4. The zero-order valence-electron chi connectivity index (χ0n) is 9.59. The van der Waals surface area contributed by atoms with Gasteiger partial charge >= 0.3 is 5.51 Å². The van der Waals surface area contributed by atoms with Gasteiger partial charge in [0.15, 0.2) is 11.5 Å². The summed E-state index contributed by atoms with van der Waals surface area (Å²) < 4.78 is 46.0. The molecule has 0 aliphatic rings. The summed E-state index contributed by atoms with van der Waals surface area (Å²) in [6.45, 7) is -0.0409. The fraction of sp³-hybridized carbons (Fsp3) is 0.455. The van der Waals surface area contributed by atoms with E-state index in [2.05, 4.69) is 0 Å². The van der Waals surface area contributed by atoms with Crippen LogP contribution in [0.3, 0.4) is 0 Å². The zero-order chi connectivity index (χ0) is 13.6. The fourth-order valence-corrected chi connectivity index (χ4v) is 1.79. The highest BCUT2D eigenvalue weighted by Crippen LogP contribution is 2.31. The van der Waals surface area contributed by atoms with Crippen LogP contribution >= 0.6 is 23.4 Å². The molecule has 1 aromatic carbocycles. The van der Waals surface area contributed by atoms with Crippen molar-refractivity contribution in [3.05, 3.63) is 23.8 Å². The maximum Gasteiger partial charge on any atom is 0.441 e. The van der Waals surface area contributed by atoms with Gasteiger partial charge in [-0.2, -0.15) is 13.2 Å². The standard InChI is InChI=1S/C11H12ClF3O2S/c1-16-10-6-8(7-12)2-3-9(10)17-4-5-18-11(13,14)15/h2-3,6H,4-5,7H2,1H3. The van der Waals surface area contributed by atoms with Crippen molar-refractivity contribution in [2.24, 2.45) is 0 Å². The molecule has 2 nitrogen and oxygen atoms in total. The van der Waals surface area contributed by atoms with Crippen molar-refractivity contribution in [3.63, 3.8) is 0 Å². The first-order chi connectivity index (χ1) is 8.46. The van der Waals surface area contributed by atoms with Crippen LogP contribution in [0.4, 0.5) is 13.2 Å². The molecule has 0 unspecified atom stereocenters. The number of thioether (sulfide) groups is 1. The Morgan fingerprint density at radius 1 is 1.28 bits per heavy atom. The van der Waals surface area contributed by atoms with E-state index in [4.69, 9.17) is 21.1 Å². The Balaban J connectivity index is 2.51. The van der Waals surface area contributed by atoms with E-state index < -0.39 is 5.51 Å². The molecular formula is C11H12ClF3O2S. The van der Waals surface area contributed by atoms with E-state index in [0.717, 1.165) is 5.56 Å². The summed E-state index contributed by atoms with van der Waals surface area (Å²) in [5.74, 6) is 1.05. The second-order valence-electron chi connectivity index (χ2n) is 3.26. The van der Waals surface area contributed by atoms with Crippen LogP contribution < -0.4 is 9.47 Å². The topological polar surface area (TPSA) is 18.5 Å². The van der Waals surface area contributed by atoms with Crippen LogP contribution in [-0.2, 0) is 5.88 Å². The van der Waals surface area contributed by atoms with Gasteiger partial charge in [-0.1, -0.05) is 6.07 Å². The molecule has 0 saturated heterocycles. The highest BCUT2D eigenvalue weighted by molar-refractivity contribution is 8.00. The molecule has 0 radical (unpaired) electrons. The summed E-state index contributed by atoms with van der Waals surface area (Å²) >= 11 is 5.55. The lowest BCUT2D eigenvalue weighted by Gasteiger charge is -2.12. The van der Waals surface area contributed by atoms with Gasteiger partial charge in [0.2, 0.25) is 0 Å². The number of hydrogen-bond acceptors (Lipinski definition) is 3. The molecule has 0 aliphatic heterocycles. The number of hydrogen-bond donors (Lipinski definition) is 0. The lowest BCUT2D eigenvalue weighted by atomic mass is 10.2. The first-order valence-electron chi connectivity index (χ1n) is 5.02. The van der Waals surface area contributed by atoms with E-state index in [1.54, 1.807) is 18.2 Å². The first kappa shape index (κ1) is 15.3. The minimum atomic E-state index is -4.23. The average Bonchev–Trinajstić information content (AvgIpc) is 2.33. The number of alkyl halides is 4. The lowest BCUT2D eigenvalue weighted by Crippen LogP contribution is -2.08. The minimum Gasteiger partial charge on any atom is -0.493 e. The fourth-order valence-electron chi connectivity index (χ4n) is 1.22. The Hall–Kier alpha value is -0.750. The molecule has 0 saturated carbocycles. The van der Waals surface area contributed by atoms with Crippen molar-refractivity contribution in [1.29, 1.82) is 0 Å². The normalized spacial score (nSPS) is 11.4. The second kappa shape index (κ2) is 6.99. The van der Waals surface area contributed by atoms with Crippen molar-refractivity contribution in [1.82, 2.24) is 0 Å². The first-order valence-corrected chi connectivity index (χ1v) is 6.54. The van der Waals surface area contributed by atoms with Crippen LogP contribution in [0.15, 0.2) is 18.2 Å². The molecule has 1 aromatic rings. The average molecular weight is 301 g/mol. The molecule has 0 bridgehead atoms. The summed E-state index contributed by atoms with van der Waals surface area (Å²) in [5.41, 5.74) is -3.37. The van der Waals surface area contributed by atoms with Gasteiger partial charge in [0.1, 0.15) is 0 Å². The second-order valence-corrected chi connectivity index (χ2v) is 4.69. The lowest BCUT2D eigenvalue weighted by molar-refractivity contribution is -0.0329. The van der Waals surface area contributed by atoms with E-state index >= 15 is 0 Å². The third kappa shape index (κ3) is 5.27. The molecule has 0 fully saturated rings. The number of rotatable bonds is 6. The SMILES string of the molecule is COc1cc(CCl)ccc1OCCSC(F)(F)F. The smallest absolute Gasteiger partial charge is 0.441 e. The Labute approximate surface area is 112 Å². The van der Waals surface area contributed by atoms with Gasteiger partial charge in [0.25, 0.3) is 0 Å². The van der Waals surface area contributed by atoms with E-state index in [-0.39, 0.29) is 24.1 Å². The van der Waals surface area contributed by atoms with Gasteiger partial charge in [0.05, 0.1) is 13.7 Å². The van der Waals surface area contributed by atoms with Crippen molar-refractivity contribution in [3.8, 4) is 11.5 Å². The largest absolute Gasteiger partial charge is 0.493 e. The van der Waals surface area contributed by atoms with Gasteiger partial charge in [-0.05, 0) is 29.5 Å². The maximum atomic E-state index is 11.9. The van der Waals surface area contributed by atoms with Crippen molar-refractivity contribution < 1.29 is 22.6 Å². The van der Waals surface area contributed by atoms with Crippen LogP contribution in [0, 0.1) is 0 Å². The van der Waals surface area contributed by atoms with Gasteiger partial charge in [-0.25, -0.2) is 0 Å². The molecule has 0 heterocycles. The highest BCUT2D eigenvalue weighted by atomic mass is 35.5. The number of methoxy groups -OCH3 is 1. The van der Waals surface area contributed by atoms with Crippen molar-refractivity contribution in [2.75, 3.05) is 19.5 Å². The van der Waals surface area contributed by atoms with Gasteiger partial charge < -0.3 is 9.47 Å². The zero-order valence-corrected chi connectivity index (χ0v) is 11.2. The van der Waals surface area contributed by atoms with Crippen molar-refractivity contribution in [2.45, 2.75) is 11.4 Å². The predicted molar refractivity (Wildman–Crippen MR) is 66.6 cm³/mol. The Morgan fingerprint density at radius 3 is 2.56 bits per heavy atom. The molecule has 18 heavy (non-hydrogen) atoms. The molecule has 0 aliphatic carbocycles. The monoisotopic (exact) mass is 300 g/mol. The molecule has 102 valence electrons. The molecule has 0 atom stereocenters. The molecule has 0 N–H and O–H groups in total. The Bertz CT molecular complexity index is 385. The molecule has 0 aromatic heterocycles. The van der Waals surface area contributed by atoms with Crippen LogP contribution in [0.1, 0.15) is 5.56 Å². The summed E-state index contributed by atoms with van der Waals surface area (Å²) in [5, 5.41) is 0. The van der Waals surface area contributed by atoms with Gasteiger partial charge in [-0.3, -0.25) is 0 Å². The summed E-state index contributed by atoms with van der Waals surface area (Å²) in [7, 11) is 1.46. The number of ether oxygens (including phenoxy) is 2. The van der Waals surface area contributed by atoms with Crippen LogP contribution in [0.25, 0.3) is 0 Å². The molecule has 7 heteroatoms. The maximum absolute atomic E-state index is 11.9. The molecule has 1 rings (SSSR count). The molecular weight excluding hydrogens is 289 g/mol. The van der Waals surface area contributed by atoms with Crippen molar-refractivity contribution >= 4 is 23.4 Å². The third-order valence-corrected chi connectivity index (χ3v) is 3.00. The van der Waals surface area contributed by atoms with E-state index in [1.807, 2.05) is 0 Å². The predicted octanol–water partition coefficient (Wildman–Crippen LogP) is 4.07. The van der Waals surface area contributed by atoms with Crippen LogP contribution in [0.2, 0.25) is 0 Å². The van der Waals surface area contributed by atoms with Crippen LogP contribution in [0.5, 0.6) is 11.5 Å². The number of benzene rings is 1. The highest BCUT2D eigenvalue weighted by Gasteiger charge is 2.27. The molecule has 0 spiro atoms. The van der Waals surface area contributed by atoms with E-state index in [9.17, 15) is 13.2 Å². The Kier molecular flexibility index (Phi) is 5.95. The van der Waals surface area contributed by atoms with E-state index in [0.29, 0.717) is 17.4 Å². The molecule has 0 amide bonds. The summed E-state index contributed by atoms with van der Waals surface area (Å²) in [6, 6.07) is 5.07. The quantitative estimate of drug-likeness (QED) is 0.583. The third-order valence-electron chi connectivity index (χ3n) is 1.99. The van der Waals surface area contributed by atoms with Gasteiger partial charge in [0, 0.05) is 11.6 Å². The summed E-state index contributed by atoms with van der Waals surface area (Å²) in [6.07, 6.45) is 0.